The fraction of sp³-hybridized carbons (Fsp3) is 0.167. The van der Waals surface area contributed by atoms with E-state index in [-0.39, 0.29) is 0 Å². The number of hydrogen-bond acceptors (Lipinski definition) is 3. The van der Waals surface area contributed by atoms with Crippen LogP contribution in [0.4, 0.5) is 8.78 Å². The van der Waals surface area contributed by atoms with E-state index in [2.05, 4.69) is 4.98 Å². The van der Waals surface area contributed by atoms with Gasteiger partial charge in [-0.15, -0.1) is 0 Å². The van der Waals surface area contributed by atoms with Gasteiger partial charge < -0.3 is 4.57 Å². The Balaban J connectivity index is 2.17. The first-order valence-corrected chi connectivity index (χ1v) is 6.33. The Kier molecular flexibility index (Phi) is 2.66. The quantitative estimate of drug-likeness (QED) is 0.784. The standard InChI is InChI=1S/C12H8F2N2OS/c13-8-2-1-7(5-9(8)14)11-10(6-17)16-3-4-18-12(16)15-11/h1-2,5-6H,3-4H2. The molecule has 92 valence electrons. The third-order valence-corrected chi connectivity index (χ3v) is 3.78. The van der Waals surface area contributed by atoms with Crippen LogP contribution in [-0.4, -0.2) is 21.6 Å². The van der Waals surface area contributed by atoms with Crippen LogP contribution in [0.25, 0.3) is 11.3 Å². The summed E-state index contributed by atoms with van der Waals surface area (Å²) in [5, 5.41) is 0.747. The molecule has 1 aromatic carbocycles. The lowest BCUT2D eigenvalue weighted by Crippen LogP contribution is -2.00. The largest absolute Gasteiger partial charge is 0.315 e. The lowest BCUT2D eigenvalue weighted by Gasteiger charge is -2.01. The number of thioether (sulfide) groups is 1. The molecule has 0 bridgehead atoms. The van der Waals surface area contributed by atoms with E-state index in [1.807, 2.05) is 0 Å². The Morgan fingerprint density at radius 1 is 1.33 bits per heavy atom. The van der Waals surface area contributed by atoms with Gasteiger partial charge in [0.1, 0.15) is 11.4 Å². The molecule has 6 heteroatoms. The third kappa shape index (κ3) is 1.64. The van der Waals surface area contributed by atoms with Gasteiger partial charge in [0.2, 0.25) is 0 Å². The number of nitrogens with zero attached hydrogens (tertiary/aromatic N) is 2. The highest BCUT2D eigenvalue weighted by molar-refractivity contribution is 7.99. The zero-order chi connectivity index (χ0) is 12.7. The maximum atomic E-state index is 13.2. The molecule has 0 radical (unpaired) electrons. The van der Waals surface area contributed by atoms with Crippen molar-refractivity contribution in [3.8, 4) is 11.3 Å². The number of hydrogen-bond donors (Lipinski definition) is 0. The molecule has 0 amide bonds. The van der Waals surface area contributed by atoms with Gasteiger partial charge in [0.05, 0.1) is 0 Å². The van der Waals surface area contributed by atoms with E-state index in [9.17, 15) is 13.6 Å². The number of benzene rings is 1. The van der Waals surface area contributed by atoms with Crippen molar-refractivity contribution in [3.05, 3.63) is 35.5 Å². The molecule has 0 saturated heterocycles. The Morgan fingerprint density at radius 2 is 2.17 bits per heavy atom. The average Bonchev–Trinajstić information content (AvgIpc) is 2.92. The van der Waals surface area contributed by atoms with Gasteiger partial charge in [0.15, 0.2) is 23.1 Å². The number of aldehydes is 1. The van der Waals surface area contributed by atoms with Crippen LogP contribution >= 0.6 is 11.8 Å². The van der Waals surface area contributed by atoms with Crippen molar-refractivity contribution in [2.45, 2.75) is 11.7 Å². The molecule has 2 aromatic rings. The van der Waals surface area contributed by atoms with E-state index in [1.54, 1.807) is 16.3 Å². The molecule has 1 aliphatic heterocycles. The minimum absolute atomic E-state index is 0.408. The van der Waals surface area contributed by atoms with Crippen LogP contribution in [0.15, 0.2) is 23.4 Å². The van der Waals surface area contributed by atoms with Crippen molar-refractivity contribution >= 4 is 18.0 Å². The minimum Gasteiger partial charge on any atom is -0.315 e. The Hall–Kier alpha value is -1.69. The molecule has 18 heavy (non-hydrogen) atoms. The van der Waals surface area contributed by atoms with Crippen molar-refractivity contribution < 1.29 is 13.6 Å². The minimum atomic E-state index is -0.940. The summed E-state index contributed by atoms with van der Waals surface area (Å²) in [5.74, 6) is -0.973. The second-order valence-corrected chi connectivity index (χ2v) is 4.94. The third-order valence-electron chi connectivity index (χ3n) is 2.82. The molecule has 0 unspecified atom stereocenters. The number of rotatable bonds is 2. The molecule has 0 saturated carbocycles. The number of halogens is 2. The van der Waals surface area contributed by atoms with Gasteiger partial charge in [0, 0.05) is 17.9 Å². The highest BCUT2D eigenvalue weighted by atomic mass is 32.2. The van der Waals surface area contributed by atoms with Gasteiger partial charge in [-0.05, 0) is 18.2 Å². The molecule has 0 N–H and O–H groups in total. The number of fused-ring (bicyclic) bond motifs is 1. The number of carbonyl (C=O) groups excluding carboxylic acids is 1. The number of carbonyl (C=O) groups is 1. The molecule has 0 fully saturated rings. The molecule has 0 atom stereocenters. The van der Waals surface area contributed by atoms with E-state index in [4.69, 9.17) is 0 Å². The number of aromatic nitrogens is 2. The molecule has 0 aliphatic carbocycles. The van der Waals surface area contributed by atoms with Crippen LogP contribution in [0.3, 0.4) is 0 Å². The summed E-state index contributed by atoms with van der Waals surface area (Å²) in [5.41, 5.74) is 1.24. The van der Waals surface area contributed by atoms with Crippen LogP contribution in [0, 0.1) is 11.6 Å². The van der Waals surface area contributed by atoms with Crippen molar-refractivity contribution in [2.75, 3.05) is 5.75 Å². The van der Waals surface area contributed by atoms with Gasteiger partial charge in [-0.25, -0.2) is 13.8 Å². The van der Waals surface area contributed by atoms with Gasteiger partial charge in [0.25, 0.3) is 0 Å². The van der Waals surface area contributed by atoms with Crippen molar-refractivity contribution in [1.29, 1.82) is 0 Å². The van der Waals surface area contributed by atoms with Gasteiger partial charge in [-0.1, -0.05) is 11.8 Å². The van der Waals surface area contributed by atoms with Crippen LogP contribution in [0.2, 0.25) is 0 Å². The summed E-state index contributed by atoms with van der Waals surface area (Å²) < 4.78 is 27.9. The van der Waals surface area contributed by atoms with E-state index >= 15 is 0 Å². The summed E-state index contributed by atoms with van der Waals surface area (Å²) in [6.07, 6.45) is 0.707. The summed E-state index contributed by atoms with van der Waals surface area (Å²) in [6.45, 7) is 0.713. The summed E-state index contributed by atoms with van der Waals surface area (Å²) in [6, 6.07) is 3.52. The van der Waals surface area contributed by atoms with Crippen molar-refractivity contribution in [2.24, 2.45) is 0 Å². The first kappa shape index (κ1) is 11.4. The first-order chi connectivity index (χ1) is 8.70. The second kappa shape index (κ2) is 4.20. The normalized spacial score (nSPS) is 13.7. The predicted molar refractivity (Wildman–Crippen MR) is 63.7 cm³/mol. The molecule has 1 aliphatic rings. The average molecular weight is 266 g/mol. The monoisotopic (exact) mass is 266 g/mol. The zero-order valence-electron chi connectivity index (χ0n) is 9.19. The van der Waals surface area contributed by atoms with Crippen LogP contribution < -0.4 is 0 Å². The first-order valence-electron chi connectivity index (χ1n) is 5.34. The van der Waals surface area contributed by atoms with E-state index < -0.39 is 11.6 Å². The predicted octanol–water partition coefficient (Wildman–Crippen LogP) is 2.75. The van der Waals surface area contributed by atoms with Crippen LogP contribution in [0.5, 0.6) is 0 Å². The fourth-order valence-electron chi connectivity index (χ4n) is 1.97. The van der Waals surface area contributed by atoms with E-state index in [1.165, 1.54) is 6.07 Å². The maximum absolute atomic E-state index is 13.2. The van der Waals surface area contributed by atoms with Crippen molar-refractivity contribution in [3.63, 3.8) is 0 Å². The van der Waals surface area contributed by atoms with Gasteiger partial charge in [-0.2, -0.15) is 0 Å². The molecule has 3 rings (SSSR count). The van der Waals surface area contributed by atoms with Crippen molar-refractivity contribution in [1.82, 2.24) is 9.55 Å². The highest BCUT2D eigenvalue weighted by Gasteiger charge is 2.22. The molecule has 1 aromatic heterocycles. The van der Waals surface area contributed by atoms with Gasteiger partial charge in [-0.3, -0.25) is 4.79 Å². The highest BCUT2D eigenvalue weighted by Crippen LogP contribution is 2.32. The lowest BCUT2D eigenvalue weighted by atomic mass is 10.1. The Bertz CT molecular complexity index is 639. The summed E-state index contributed by atoms with van der Waals surface area (Å²) in [7, 11) is 0. The molecule has 0 spiro atoms. The SMILES string of the molecule is O=Cc1c(-c2ccc(F)c(F)c2)nc2n1CCS2. The summed E-state index contributed by atoms with van der Waals surface area (Å²) >= 11 is 1.55. The van der Waals surface area contributed by atoms with Gasteiger partial charge >= 0.3 is 0 Å². The number of imidazole rings is 1. The molecular formula is C12H8F2N2OS. The molecule has 2 heterocycles. The topological polar surface area (TPSA) is 34.9 Å². The smallest absolute Gasteiger partial charge is 0.169 e. The van der Waals surface area contributed by atoms with Crippen LogP contribution in [-0.2, 0) is 6.54 Å². The Morgan fingerprint density at radius 3 is 2.89 bits per heavy atom. The Labute approximate surface area is 106 Å². The maximum Gasteiger partial charge on any atom is 0.169 e. The zero-order valence-corrected chi connectivity index (χ0v) is 10.0. The second-order valence-electron chi connectivity index (χ2n) is 3.88. The molecule has 3 nitrogen and oxygen atoms in total. The lowest BCUT2D eigenvalue weighted by molar-refractivity contribution is 0.111. The fourth-order valence-corrected chi connectivity index (χ4v) is 2.93. The van der Waals surface area contributed by atoms with E-state index in [0.717, 1.165) is 23.0 Å². The van der Waals surface area contributed by atoms with Crippen LogP contribution in [0.1, 0.15) is 10.5 Å². The summed E-state index contributed by atoms with van der Waals surface area (Å²) in [4.78, 5) is 15.4. The van der Waals surface area contributed by atoms with E-state index in [0.29, 0.717) is 29.8 Å². The molecular weight excluding hydrogens is 258 g/mol.